The third-order valence-electron chi connectivity index (χ3n) is 3.67. The molecule has 23 heavy (non-hydrogen) atoms. The van der Waals surface area contributed by atoms with Gasteiger partial charge in [-0.2, -0.15) is 0 Å². The standard InChI is InChI=1S/C15H19N5O2S/c1-22-13-11-12(3-4-16-13)18-14(21)19-6-2-7-20(9-8-19)15-17-5-10-23-15/h3-5,10-11H,2,6-9H2,1H3,(H,16,18,21). The van der Waals surface area contributed by atoms with Crippen LogP contribution in [-0.2, 0) is 0 Å². The molecular weight excluding hydrogens is 314 g/mol. The van der Waals surface area contributed by atoms with Crippen LogP contribution in [-0.4, -0.2) is 54.2 Å². The summed E-state index contributed by atoms with van der Waals surface area (Å²) in [6, 6.07) is 3.36. The van der Waals surface area contributed by atoms with Gasteiger partial charge in [0.1, 0.15) is 0 Å². The summed E-state index contributed by atoms with van der Waals surface area (Å²) in [6.45, 7) is 3.12. The number of ether oxygens (including phenoxy) is 1. The molecule has 0 bridgehead atoms. The fraction of sp³-hybridized carbons (Fsp3) is 0.400. The summed E-state index contributed by atoms with van der Waals surface area (Å²) in [7, 11) is 1.55. The Morgan fingerprint density at radius 3 is 2.96 bits per heavy atom. The highest BCUT2D eigenvalue weighted by molar-refractivity contribution is 7.13. The molecule has 1 fully saturated rings. The van der Waals surface area contributed by atoms with E-state index in [2.05, 4.69) is 20.2 Å². The van der Waals surface area contributed by atoms with Crippen molar-refractivity contribution >= 4 is 28.2 Å². The van der Waals surface area contributed by atoms with Crippen LogP contribution in [0.4, 0.5) is 15.6 Å². The molecule has 2 amide bonds. The maximum Gasteiger partial charge on any atom is 0.321 e. The second-order valence-corrected chi connectivity index (χ2v) is 6.03. The van der Waals surface area contributed by atoms with Crippen molar-refractivity contribution in [3.8, 4) is 5.88 Å². The van der Waals surface area contributed by atoms with Gasteiger partial charge in [0.2, 0.25) is 5.88 Å². The van der Waals surface area contributed by atoms with Crippen molar-refractivity contribution in [2.24, 2.45) is 0 Å². The van der Waals surface area contributed by atoms with Gasteiger partial charge < -0.3 is 19.9 Å². The first-order valence-corrected chi connectivity index (χ1v) is 8.34. The van der Waals surface area contributed by atoms with Gasteiger partial charge in [0, 0.05) is 55.7 Å². The Morgan fingerprint density at radius 2 is 2.17 bits per heavy atom. The average Bonchev–Trinajstić information content (AvgIpc) is 2.99. The highest BCUT2D eigenvalue weighted by Gasteiger charge is 2.20. The number of urea groups is 1. The molecule has 0 atom stereocenters. The van der Waals surface area contributed by atoms with Crippen LogP contribution in [0.2, 0.25) is 0 Å². The van der Waals surface area contributed by atoms with Gasteiger partial charge in [0.05, 0.1) is 7.11 Å². The highest BCUT2D eigenvalue weighted by Crippen LogP contribution is 2.19. The number of carbonyl (C=O) groups excluding carboxylic acids is 1. The molecule has 8 heteroatoms. The number of nitrogens with zero attached hydrogens (tertiary/aromatic N) is 4. The lowest BCUT2D eigenvalue weighted by molar-refractivity contribution is 0.215. The van der Waals surface area contributed by atoms with Gasteiger partial charge in [-0.25, -0.2) is 14.8 Å². The molecule has 0 spiro atoms. The van der Waals surface area contributed by atoms with Gasteiger partial charge in [0.25, 0.3) is 0 Å². The lowest BCUT2D eigenvalue weighted by Gasteiger charge is -2.22. The number of pyridine rings is 1. The van der Waals surface area contributed by atoms with Crippen molar-refractivity contribution in [2.45, 2.75) is 6.42 Å². The second kappa shape index (κ2) is 7.28. The van der Waals surface area contributed by atoms with E-state index in [1.54, 1.807) is 36.8 Å². The summed E-state index contributed by atoms with van der Waals surface area (Å²) in [5.74, 6) is 0.480. The molecule has 0 aliphatic carbocycles. The Balaban J connectivity index is 1.59. The molecule has 122 valence electrons. The molecule has 1 aliphatic heterocycles. The minimum absolute atomic E-state index is 0.0979. The van der Waals surface area contributed by atoms with E-state index in [1.165, 1.54) is 0 Å². The Morgan fingerprint density at radius 1 is 1.26 bits per heavy atom. The maximum atomic E-state index is 12.4. The third-order valence-corrected chi connectivity index (χ3v) is 4.50. The van der Waals surface area contributed by atoms with E-state index in [0.29, 0.717) is 18.1 Å². The molecule has 7 nitrogen and oxygen atoms in total. The zero-order valence-corrected chi connectivity index (χ0v) is 13.8. The predicted molar refractivity (Wildman–Crippen MR) is 90.3 cm³/mol. The minimum Gasteiger partial charge on any atom is -0.481 e. The van der Waals surface area contributed by atoms with Crippen molar-refractivity contribution in [1.82, 2.24) is 14.9 Å². The number of methoxy groups -OCH3 is 1. The van der Waals surface area contributed by atoms with Gasteiger partial charge in [0.15, 0.2) is 5.13 Å². The zero-order chi connectivity index (χ0) is 16.1. The van der Waals surface area contributed by atoms with E-state index in [9.17, 15) is 4.79 Å². The van der Waals surface area contributed by atoms with Crippen molar-refractivity contribution in [3.05, 3.63) is 29.9 Å². The fourth-order valence-electron chi connectivity index (χ4n) is 2.49. The summed E-state index contributed by atoms with van der Waals surface area (Å²) in [4.78, 5) is 24.9. The van der Waals surface area contributed by atoms with E-state index in [1.807, 2.05) is 16.5 Å². The molecule has 1 aliphatic rings. The summed E-state index contributed by atoms with van der Waals surface area (Å²) < 4.78 is 5.07. The van der Waals surface area contributed by atoms with Crippen LogP contribution in [0.1, 0.15) is 6.42 Å². The number of anilines is 2. The summed E-state index contributed by atoms with van der Waals surface area (Å²) in [5.41, 5.74) is 0.683. The van der Waals surface area contributed by atoms with Crippen molar-refractivity contribution in [1.29, 1.82) is 0 Å². The van der Waals surface area contributed by atoms with Gasteiger partial charge in [-0.3, -0.25) is 0 Å². The third kappa shape index (κ3) is 3.89. The van der Waals surface area contributed by atoms with Gasteiger partial charge in [-0.05, 0) is 12.5 Å². The average molecular weight is 333 g/mol. The maximum absolute atomic E-state index is 12.4. The molecule has 3 rings (SSSR count). The lowest BCUT2D eigenvalue weighted by Crippen LogP contribution is -2.38. The number of rotatable bonds is 3. The number of carbonyl (C=O) groups is 1. The quantitative estimate of drug-likeness (QED) is 0.933. The zero-order valence-electron chi connectivity index (χ0n) is 12.9. The van der Waals surface area contributed by atoms with Crippen LogP contribution in [0.15, 0.2) is 29.9 Å². The van der Waals surface area contributed by atoms with Crippen LogP contribution >= 0.6 is 11.3 Å². The summed E-state index contributed by atoms with van der Waals surface area (Å²) in [6.07, 6.45) is 4.35. The first kappa shape index (κ1) is 15.5. The SMILES string of the molecule is COc1cc(NC(=O)N2CCCN(c3nccs3)CC2)ccn1. The number of hydrogen-bond donors (Lipinski definition) is 1. The van der Waals surface area contributed by atoms with Crippen LogP contribution in [0.3, 0.4) is 0 Å². The lowest BCUT2D eigenvalue weighted by atomic mass is 10.4. The van der Waals surface area contributed by atoms with Crippen LogP contribution in [0.25, 0.3) is 0 Å². The molecule has 0 saturated carbocycles. The Labute approximate surface area is 138 Å². The van der Waals surface area contributed by atoms with Crippen molar-refractivity contribution in [2.75, 3.05) is 43.5 Å². The monoisotopic (exact) mass is 333 g/mol. The van der Waals surface area contributed by atoms with Gasteiger partial charge in [-0.15, -0.1) is 11.3 Å². The highest BCUT2D eigenvalue weighted by atomic mass is 32.1. The molecule has 1 saturated heterocycles. The van der Waals surface area contributed by atoms with Crippen LogP contribution in [0.5, 0.6) is 5.88 Å². The van der Waals surface area contributed by atoms with Gasteiger partial charge >= 0.3 is 6.03 Å². The molecule has 3 heterocycles. The number of nitrogens with one attached hydrogen (secondary N) is 1. The van der Waals surface area contributed by atoms with E-state index in [4.69, 9.17) is 4.74 Å². The number of amides is 2. The minimum atomic E-state index is -0.0979. The molecule has 1 N–H and O–H groups in total. The van der Waals surface area contributed by atoms with E-state index < -0.39 is 0 Å². The van der Waals surface area contributed by atoms with Crippen LogP contribution < -0.4 is 15.0 Å². The first-order valence-electron chi connectivity index (χ1n) is 7.46. The molecule has 2 aromatic heterocycles. The Kier molecular flexibility index (Phi) is 4.92. The van der Waals surface area contributed by atoms with E-state index in [0.717, 1.165) is 31.2 Å². The smallest absolute Gasteiger partial charge is 0.321 e. The van der Waals surface area contributed by atoms with Crippen molar-refractivity contribution in [3.63, 3.8) is 0 Å². The van der Waals surface area contributed by atoms with E-state index >= 15 is 0 Å². The summed E-state index contributed by atoms with van der Waals surface area (Å²) in [5, 5.41) is 5.89. The van der Waals surface area contributed by atoms with E-state index in [-0.39, 0.29) is 6.03 Å². The second-order valence-electron chi connectivity index (χ2n) is 5.16. The fourth-order valence-corrected chi connectivity index (χ4v) is 3.18. The van der Waals surface area contributed by atoms with Gasteiger partial charge in [-0.1, -0.05) is 0 Å². The normalized spacial score (nSPS) is 15.2. The topological polar surface area (TPSA) is 70.6 Å². The molecule has 0 radical (unpaired) electrons. The first-order chi connectivity index (χ1) is 11.3. The molecular formula is C15H19N5O2S. The predicted octanol–water partition coefficient (Wildman–Crippen LogP) is 2.29. The molecule has 0 aromatic carbocycles. The molecule has 2 aromatic rings. The summed E-state index contributed by atoms with van der Waals surface area (Å²) >= 11 is 1.63. The van der Waals surface area contributed by atoms with Crippen molar-refractivity contribution < 1.29 is 9.53 Å². The number of thiazole rings is 1. The number of aromatic nitrogens is 2. The largest absolute Gasteiger partial charge is 0.481 e. The molecule has 0 unspecified atom stereocenters. The Hall–Kier alpha value is -2.35. The Bertz CT molecular complexity index is 649. The van der Waals surface area contributed by atoms with Crippen LogP contribution in [0, 0.1) is 0 Å². The number of hydrogen-bond acceptors (Lipinski definition) is 6.